The monoisotopic (exact) mass is 332 g/mol. The zero-order chi connectivity index (χ0) is 15.5. The number of halogens is 2. The number of Topliss-reactive ketones (excluding diaryl/α,β-unsaturated/α-hetero) is 1. The maximum Gasteiger partial charge on any atom is 0.204 e. The van der Waals surface area contributed by atoms with Crippen LogP contribution in [0.15, 0.2) is 48.5 Å². The van der Waals surface area contributed by atoms with Gasteiger partial charge in [0, 0.05) is 16.1 Å². The molecule has 0 unspecified atom stereocenters. The minimum absolute atomic E-state index is 0.0305. The molecule has 110 valence electrons. The van der Waals surface area contributed by atoms with Gasteiger partial charge in [-0.1, -0.05) is 47.5 Å². The van der Waals surface area contributed by atoms with Crippen molar-refractivity contribution in [2.45, 2.75) is 6.54 Å². The summed E-state index contributed by atoms with van der Waals surface area (Å²) in [5, 5.41) is 13.0. The summed E-state index contributed by atoms with van der Waals surface area (Å²) in [5.41, 5.74) is 1.18. The van der Waals surface area contributed by atoms with Crippen LogP contribution >= 0.6 is 23.2 Å². The van der Waals surface area contributed by atoms with Crippen LogP contribution in [-0.2, 0) is 6.54 Å². The van der Waals surface area contributed by atoms with Gasteiger partial charge in [-0.2, -0.15) is 4.80 Å². The fraction of sp³-hybridized carbons (Fsp3) is 0.0667. The lowest BCUT2D eigenvalue weighted by Gasteiger charge is -2.01. The molecule has 7 heteroatoms. The number of tetrazole rings is 1. The first-order valence-corrected chi connectivity index (χ1v) is 7.20. The molecule has 0 saturated heterocycles. The Hall–Kier alpha value is -2.24. The van der Waals surface area contributed by atoms with Gasteiger partial charge in [0.25, 0.3) is 0 Å². The van der Waals surface area contributed by atoms with E-state index in [1.165, 1.54) is 4.80 Å². The van der Waals surface area contributed by atoms with Crippen molar-refractivity contribution in [3.63, 3.8) is 0 Å². The molecule has 0 fully saturated rings. The van der Waals surface area contributed by atoms with Crippen molar-refractivity contribution < 1.29 is 4.79 Å². The third kappa shape index (κ3) is 3.16. The number of hydrogen-bond acceptors (Lipinski definition) is 4. The zero-order valence-corrected chi connectivity index (χ0v) is 12.8. The maximum atomic E-state index is 12.2. The highest BCUT2D eigenvalue weighted by Crippen LogP contribution is 2.19. The largest absolute Gasteiger partial charge is 0.292 e. The van der Waals surface area contributed by atoms with Crippen molar-refractivity contribution >= 4 is 29.0 Å². The van der Waals surface area contributed by atoms with Crippen molar-refractivity contribution in [2.24, 2.45) is 0 Å². The number of benzene rings is 2. The Labute approximate surface area is 136 Å². The minimum Gasteiger partial charge on any atom is -0.292 e. The van der Waals surface area contributed by atoms with E-state index in [9.17, 15) is 4.79 Å². The highest BCUT2D eigenvalue weighted by molar-refractivity contribution is 6.33. The normalized spacial score (nSPS) is 10.6. The third-order valence-corrected chi connectivity index (χ3v) is 3.56. The van der Waals surface area contributed by atoms with Crippen LogP contribution in [0.4, 0.5) is 0 Å². The van der Waals surface area contributed by atoms with Crippen LogP contribution in [0.3, 0.4) is 0 Å². The standard InChI is InChI=1S/C15H10Cl2N4O/c16-11-5-3-4-10(8-11)15-18-20-21(19-15)9-14(22)12-6-1-2-7-13(12)17/h1-8H,9H2. The summed E-state index contributed by atoms with van der Waals surface area (Å²) in [4.78, 5) is 13.4. The van der Waals surface area contributed by atoms with Crippen molar-refractivity contribution in [1.82, 2.24) is 20.2 Å². The quantitative estimate of drug-likeness (QED) is 0.685. The fourth-order valence-corrected chi connectivity index (χ4v) is 2.39. The molecule has 0 saturated carbocycles. The van der Waals surface area contributed by atoms with Crippen LogP contribution in [0.25, 0.3) is 11.4 Å². The lowest BCUT2D eigenvalue weighted by molar-refractivity contribution is 0.0961. The van der Waals surface area contributed by atoms with E-state index in [0.29, 0.717) is 21.4 Å². The van der Waals surface area contributed by atoms with E-state index >= 15 is 0 Å². The van der Waals surface area contributed by atoms with E-state index in [1.54, 1.807) is 42.5 Å². The molecule has 22 heavy (non-hydrogen) atoms. The van der Waals surface area contributed by atoms with Gasteiger partial charge in [-0.3, -0.25) is 4.79 Å². The van der Waals surface area contributed by atoms with Crippen LogP contribution in [0.5, 0.6) is 0 Å². The summed E-state index contributed by atoms with van der Waals surface area (Å²) in [5.74, 6) is 0.232. The summed E-state index contributed by atoms with van der Waals surface area (Å²) >= 11 is 11.9. The molecule has 0 radical (unpaired) electrons. The first-order chi connectivity index (χ1) is 10.6. The topological polar surface area (TPSA) is 60.7 Å². The van der Waals surface area contributed by atoms with Gasteiger partial charge < -0.3 is 0 Å². The van der Waals surface area contributed by atoms with E-state index in [2.05, 4.69) is 15.4 Å². The molecule has 0 amide bonds. The Morgan fingerprint density at radius 2 is 1.91 bits per heavy atom. The number of carbonyl (C=O) groups excluding carboxylic acids is 1. The van der Waals surface area contributed by atoms with E-state index in [4.69, 9.17) is 23.2 Å². The predicted octanol–water partition coefficient (Wildman–Crippen LogP) is 3.53. The highest BCUT2D eigenvalue weighted by atomic mass is 35.5. The van der Waals surface area contributed by atoms with Crippen LogP contribution in [0.2, 0.25) is 10.0 Å². The second-order valence-electron chi connectivity index (χ2n) is 4.56. The number of hydrogen-bond donors (Lipinski definition) is 0. The number of rotatable bonds is 4. The van der Waals surface area contributed by atoms with Gasteiger partial charge in [0.1, 0.15) is 6.54 Å². The molecule has 0 aliphatic carbocycles. The van der Waals surface area contributed by atoms with Crippen LogP contribution in [0, 0.1) is 0 Å². The maximum absolute atomic E-state index is 12.2. The molecular weight excluding hydrogens is 323 g/mol. The van der Waals surface area contributed by atoms with Gasteiger partial charge in [-0.15, -0.1) is 10.2 Å². The van der Waals surface area contributed by atoms with Crippen molar-refractivity contribution in [2.75, 3.05) is 0 Å². The SMILES string of the molecule is O=C(Cn1nnc(-c2cccc(Cl)c2)n1)c1ccccc1Cl. The summed E-state index contributed by atoms with van der Waals surface area (Å²) in [7, 11) is 0. The van der Waals surface area contributed by atoms with E-state index < -0.39 is 0 Å². The summed E-state index contributed by atoms with van der Waals surface area (Å²) in [6, 6.07) is 14.0. The lowest BCUT2D eigenvalue weighted by atomic mass is 10.1. The van der Waals surface area contributed by atoms with E-state index in [-0.39, 0.29) is 12.3 Å². The summed E-state index contributed by atoms with van der Waals surface area (Å²) < 4.78 is 0. The second-order valence-corrected chi connectivity index (χ2v) is 5.40. The Morgan fingerprint density at radius 1 is 1.09 bits per heavy atom. The molecule has 5 nitrogen and oxygen atoms in total. The van der Waals surface area contributed by atoms with Gasteiger partial charge in [-0.05, 0) is 29.5 Å². The molecule has 0 aliphatic heterocycles. The second kappa shape index (κ2) is 6.25. The molecule has 0 N–H and O–H groups in total. The lowest BCUT2D eigenvalue weighted by Crippen LogP contribution is -2.13. The van der Waals surface area contributed by atoms with Crippen LogP contribution in [0.1, 0.15) is 10.4 Å². The van der Waals surface area contributed by atoms with Gasteiger partial charge in [0.15, 0.2) is 5.78 Å². The summed E-state index contributed by atoms with van der Waals surface area (Å²) in [6.45, 7) is -0.0305. The molecule has 0 spiro atoms. The molecule has 1 aromatic heterocycles. The number of ketones is 1. The molecule has 0 atom stereocenters. The molecule has 2 aromatic carbocycles. The molecule has 3 rings (SSSR count). The first kappa shape index (κ1) is 14.7. The third-order valence-electron chi connectivity index (χ3n) is 2.99. The van der Waals surface area contributed by atoms with Crippen LogP contribution in [-0.4, -0.2) is 26.0 Å². The Balaban J connectivity index is 1.80. The Kier molecular flexibility index (Phi) is 4.18. The summed E-state index contributed by atoms with van der Waals surface area (Å²) in [6.07, 6.45) is 0. The van der Waals surface area contributed by atoms with Gasteiger partial charge in [0.05, 0.1) is 5.02 Å². The molecule has 1 heterocycles. The smallest absolute Gasteiger partial charge is 0.204 e. The molecule has 0 bridgehead atoms. The average molecular weight is 333 g/mol. The fourth-order valence-electron chi connectivity index (χ4n) is 1.95. The Bertz CT molecular complexity index is 832. The number of nitrogens with zero attached hydrogens (tertiary/aromatic N) is 4. The predicted molar refractivity (Wildman–Crippen MR) is 84.0 cm³/mol. The Morgan fingerprint density at radius 3 is 2.68 bits per heavy atom. The molecular formula is C15H10Cl2N4O. The van der Waals surface area contributed by atoms with Gasteiger partial charge in [0.2, 0.25) is 5.82 Å². The minimum atomic E-state index is -0.180. The van der Waals surface area contributed by atoms with Crippen LogP contribution < -0.4 is 0 Å². The number of aromatic nitrogens is 4. The number of carbonyl (C=O) groups is 1. The van der Waals surface area contributed by atoms with Crippen molar-refractivity contribution in [3.8, 4) is 11.4 Å². The zero-order valence-electron chi connectivity index (χ0n) is 11.3. The molecule has 0 aliphatic rings. The van der Waals surface area contributed by atoms with Crippen molar-refractivity contribution in [3.05, 3.63) is 64.1 Å². The molecule has 3 aromatic rings. The van der Waals surface area contributed by atoms with Gasteiger partial charge in [-0.25, -0.2) is 0 Å². The van der Waals surface area contributed by atoms with Gasteiger partial charge >= 0.3 is 0 Å². The highest BCUT2D eigenvalue weighted by Gasteiger charge is 2.13. The van der Waals surface area contributed by atoms with E-state index in [0.717, 1.165) is 5.56 Å². The van der Waals surface area contributed by atoms with Crippen molar-refractivity contribution in [1.29, 1.82) is 0 Å². The van der Waals surface area contributed by atoms with E-state index in [1.807, 2.05) is 6.07 Å². The first-order valence-electron chi connectivity index (χ1n) is 6.45. The average Bonchev–Trinajstić information content (AvgIpc) is 2.96.